The Labute approximate surface area is 157 Å². The Morgan fingerprint density at radius 2 is 1.96 bits per heavy atom. The summed E-state index contributed by atoms with van der Waals surface area (Å²) in [4.78, 5) is 38.5. The van der Waals surface area contributed by atoms with Crippen LogP contribution in [0.25, 0.3) is 0 Å². The SMILES string of the molecule is C[C@@H](NC(=O)CN1C(=O)NC2(CCCCC2)C1=O)c1ccc2c(c1)OCO2. The highest BCUT2D eigenvalue weighted by molar-refractivity contribution is 6.09. The van der Waals surface area contributed by atoms with Crippen LogP contribution < -0.4 is 20.1 Å². The van der Waals surface area contributed by atoms with E-state index < -0.39 is 11.6 Å². The van der Waals surface area contributed by atoms with Gasteiger partial charge in [-0.1, -0.05) is 25.3 Å². The van der Waals surface area contributed by atoms with Crippen LogP contribution in [0.2, 0.25) is 0 Å². The topological polar surface area (TPSA) is 97.0 Å². The molecule has 0 radical (unpaired) electrons. The van der Waals surface area contributed by atoms with Gasteiger partial charge in [0.25, 0.3) is 5.91 Å². The second-order valence-electron chi connectivity index (χ2n) is 7.37. The number of benzene rings is 1. The van der Waals surface area contributed by atoms with Crippen molar-refractivity contribution >= 4 is 17.8 Å². The van der Waals surface area contributed by atoms with Crippen LogP contribution in [0.1, 0.15) is 50.6 Å². The minimum absolute atomic E-state index is 0.188. The molecular formula is C19H23N3O5. The van der Waals surface area contributed by atoms with Crippen molar-refractivity contribution in [2.75, 3.05) is 13.3 Å². The Hall–Kier alpha value is -2.77. The number of hydrogen-bond donors (Lipinski definition) is 2. The summed E-state index contributed by atoms with van der Waals surface area (Å²) in [5.74, 6) is 0.658. The second-order valence-corrected chi connectivity index (χ2v) is 7.37. The standard InChI is InChI=1S/C19H23N3O5/c1-12(13-5-6-14-15(9-13)27-11-26-14)20-16(23)10-22-17(24)19(21-18(22)25)7-3-2-4-8-19/h5-6,9,12H,2-4,7-8,10-11H2,1H3,(H,20,23)(H,21,25)/t12-/m1/s1. The maximum Gasteiger partial charge on any atom is 0.325 e. The zero-order valence-electron chi connectivity index (χ0n) is 15.2. The Morgan fingerprint density at radius 3 is 2.74 bits per heavy atom. The van der Waals surface area contributed by atoms with Gasteiger partial charge >= 0.3 is 6.03 Å². The van der Waals surface area contributed by atoms with E-state index in [1.807, 2.05) is 19.1 Å². The summed E-state index contributed by atoms with van der Waals surface area (Å²) < 4.78 is 10.6. The number of rotatable bonds is 4. The molecule has 3 aliphatic rings. The van der Waals surface area contributed by atoms with E-state index in [1.165, 1.54) is 0 Å². The molecule has 8 heteroatoms. The lowest BCUT2D eigenvalue weighted by atomic mass is 9.82. The van der Waals surface area contributed by atoms with Gasteiger partial charge in [0.05, 0.1) is 6.04 Å². The maximum absolute atomic E-state index is 12.7. The highest BCUT2D eigenvalue weighted by atomic mass is 16.7. The molecule has 0 aromatic heterocycles. The molecule has 1 saturated carbocycles. The van der Waals surface area contributed by atoms with Gasteiger partial charge < -0.3 is 20.1 Å². The second kappa shape index (κ2) is 6.75. The molecular weight excluding hydrogens is 350 g/mol. The molecule has 2 heterocycles. The fraction of sp³-hybridized carbons (Fsp3) is 0.526. The normalized spacial score (nSPS) is 21.3. The molecule has 27 heavy (non-hydrogen) atoms. The number of urea groups is 1. The van der Waals surface area contributed by atoms with Gasteiger partial charge in [0.1, 0.15) is 12.1 Å². The number of fused-ring (bicyclic) bond motifs is 1. The lowest BCUT2D eigenvalue weighted by molar-refractivity contribution is -0.136. The van der Waals surface area contributed by atoms with Crippen LogP contribution in [0, 0.1) is 0 Å². The Kier molecular flexibility index (Phi) is 4.41. The number of hydrogen-bond acceptors (Lipinski definition) is 5. The van der Waals surface area contributed by atoms with Crippen molar-refractivity contribution in [3.8, 4) is 11.5 Å². The average Bonchev–Trinajstić information content (AvgIpc) is 3.21. The fourth-order valence-electron chi connectivity index (χ4n) is 4.01. The highest BCUT2D eigenvalue weighted by Crippen LogP contribution is 2.35. The predicted octanol–water partition coefficient (Wildman–Crippen LogP) is 1.85. The smallest absolute Gasteiger partial charge is 0.325 e. The number of amides is 4. The van der Waals surface area contributed by atoms with Gasteiger partial charge in [-0.15, -0.1) is 0 Å². The first-order valence-electron chi connectivity index (χ1n) is 9.31. The minimum Gasteiger partial charge on any atom is -0.454 e. The van der Waals surface area contributed by atoms with E-state index in [2.05, 4.69) is 10.6 Å². The van der Waals surface area contributed by atoms with E-state index in [4.69, 9.17) is 9.47 Å². The molecule has 2 aliphatic heterocycles. The lowest BCUT2D eigenvalue weighted by Crippen LogP contribution is -2.49. The van der Waals surface area contributed by atoms with Crippen LogP contribution in [0.3, 0.4) is 0 Å². The molecule has 0 bridgehead atoms. The van der Waals surface area contributed by atoms with Crippen LogP contribution in [0.5, 0.6) is 11.5 Å². The lowest BCUT2D eigenvalue weighted by Gasteiger charge is -2.30. The first-order valence-corrected chi connectivity index (χ1v) is 9.31. The van der Waals surface area contributed by atoms with E-state index >= 15 is 0 Å². The van der Waals surface area contributed by atoms with Crippen LogP contribution in [0.15, 0.2) is 18.2 Å². The van der Waals surface area contributed by atoms with Crippen LogP contribution >= 0.6 is 0 Å². The van der Waals surface area contributed by atoms with Gasteiger partial charge in [-0.25, -0.2) is 4.79 Å². The van der Waals surface area contributed by atoms with Crippen molar-refractivity contribution in [3.63, 3.8) is 0 Å². The number of ether oxygens (including phenoxy) is 2. The third kappa shape index (κ3) is 3.20. The molecule has 2 N–H and O–H groups in total. The van der Waals surface area contributed by atoms with Gasteiger partial charge in [-0.2, -0.15) is 0 Å². The zero-order valence-corrected chi connectivity index (χ0v) is 15.2. The van der Waals surface area contributed by atoms with Crippen LogP contribution in [-0.2, 0) is 9.59 Å². The summed E-state index contributed by atoms with van der Waals surface area (Å²) >= 11 is 0. The third-order valence-corrected chi connectivity index (χ3v) is 5.53. The summed E-state index contributed by atoms with van der Waals surface area (Å²) in [6.45, 7) is 1.75. The van der Waals surface area contributed by atoms with E-state index in [-0.39, 0.29) is 31.2 Å². The van der Waals surface area contributed by atoms with E-state index in [9.17, 15) is 14.4 Å². The Morgan fingerprint density at radius 1 is 1.22 bits per heavy atom. The van der Waals surface area contributed by atoms with Gasteiger partial charge in [0.2, 0.25) is 12.7 Å². The maximum atomic E-state index is 12.7. The molecule has 0 unspecified atom stereocenters. The minimum atomic E-state index is -0.807. The van der Waals surface area contributed by atoms with E-state index in [0.717, 1.165) is 29.7 Å². The van der Waals surface area contributed by atoms with Crippen molar-refractivity contribution in [1.29, 1.82) is 0 Å². The summed E-state index contributed by atoms with van der Waals surface area (Å²) in [7, 11) is 0. The summed E-state index contributed by atoms with van der Waals surface area (Å²) in [6.07, 6.45) is 4.17. The van der Waals surface area contributed by atoms with Crippen molar-refractivity contribution in [3.05, 3.63) is 23.8 Å². The average molecular weight is 373 g/mol. The van der Waals surface area contributed by atoms with Gasteiger partial charge in [-0.3, -0.25) is 14.5 Å². The fourth-order valence-corrected chi connectivity index (χ4v) is 4.01. The zero-order chi connectivity index (χ0) is 19.0. The van der Waals surface area contributed by atoms with Crippen LogP contribution in [-0.4, -0.2) is 41.6 Å². The molecule has 1 aromatic rings. The van der Waals surface area contributed by atoms with Crippen LogP contribution in [0.4, 0.5) is 4.79 Å². The molecule has 1 spiro atoms. The Bertz CT molecular complexity index is 788. The summed E-state index contributed by atoms with van der Waals surface area (Å²) in [5, 5.41) is 5.65. The van der Waals surface area contributed by atoms with E-state index in [1.54, 1.807) is 6.07 Å². The largest absolute Gasteiger partial charge is 0.454 e. The van der Waals surface area contributed by atoms with Gasteiger partial charge in [-0.05, 0) is 37.5 Å². The summed E-state index contributed by atoms with van der Waals surface area (Å²) in [6, 6.07) is 4.69. The number of nitrogens with one attached hydrogen (secondary N) is 2. The molecule has 1 aromatic carbocycles. The number of imide groups is 1. The number of carbonyl (C=O) groups excluding carboxylic acids is 3. The first-order chi connectivity index (χ1) is 13.0. The quantitative estimate of drug-likeness (QED) is 0.785. The predicted molar refractivity (Wildman–Crippen MR) is 95.2 cm³/mol. The van der Waals surface area contributed by atoms with Crippen molar-refractivity contribution in [2.45, 2.75) is 50.6 Å². The third-order valence-electron chi connectivity index (χ3n) is 5.53. The number of carbonyl (C=O) groups is 3. The first kappa shape index (κ1) is 17.6. The molecule has 4 amide bonds. The highest BCUT2D eigenvalue weighted by Gasteiger charge is 2.51. The molecule has 1 saturated heterocycles. The monoisotopic (exact) mass is 373 g/mol. The molecule has 8 nitrogen and oxygen atoms in total. The van der Waals surface area contributed by atoms with Gasteiger partial charge in [0.15, 0.2) is 11.5 Å². The number of nitrogens with zero attached hydrogens (tertiary/aromatic N) is 1. The molecule has 1 aliphatic carbocycles. The molecule has 4 rings (SSSR count). The molecule has 1 atom stereocenters. The van der Waals surface area contributed by atoms with E-state index in [0.29, 0.717) is 24.3 Å². The van der Waals surface area contributed by atoms with Crippen molar-refractivity contribution in [1.82, 2.24) is 15.5 Å². The molecule has 144 valence electrons. The van der Waals surface area contributed by atoms with Gasteiger partial charge in [0, 0.05) is 0 Å². The molecule has 2 fully saturated rings. The van der Waals surface area contributed by atoms with Crippen molar-refractivity contribution < 1.29 is 23.9 Å². The summed E-state index contributed by atoms with van der Waals surface area (Å²) in [5.41, 5.74) is 0.0481. The van der Waals surface area contributed by atoms with Crippen molar-refractivity contribution in [2.24, 2.45) is 0 Å². The Balaban J connectivity index is 1.39.